The molecule has 1 N–H and O–H groups in total. The molecule has 0 aliphatic carbocycles. The van der Waals surface area contributed by atoms with E-state index in [1.54, 1.807) is 13.8 Å². The Morgan fingerprint density at radius 3 is 2.50 bits per heavy atom. The summed E-state index contributed by atoms with van der Waals surface area (Å²) in [7, 11) is -3.00. The van der Waals surface area contributed by atoms with Crippen LogP contribution < -0.4 is 5.32 Å². The number of sulfone groups is 1. The molecule has 0 saturated carbocycles. The van der Waals surface area contributed by atoms with Gasteiger partial charge in [-0.05, 0) is 0 Å². The van der Waals surface area contributed by atoms with E-state index >= 15 is 0 Å². The molecule has 0 aromatic rings. The molecule has 0 aromatic heterocycles. The van der Waals surface area contributed by atoms with Gasteiger partial charge in [0.05, 0.1) is 5.75 Å². The van der Waals surface area contributed by atoms with E-state index in [1.807, 2.05) is 0 Å². The molecule has 0 aliphatic rings. The fourth-order valence-corrected chi connectivity index (χ4v) is 1.56. The average molecular weight is 242 g/mol. The maximum Gasteiger partial charge on any atom is 0.224 e. The Bertz CT molecular complexity index is 276. The molecule has 14 heavy (non-hydrogen) atoms. The lowest BCUT2D eigenvalue weighted by Crippen LogP contribution is -2.34. The van der Waals surface area contributed by atoms with E-state index in [0.29, 0.717) is 0 Å². The van der Waals surface area contributed by atoms with E-state index in [9.17, 15) is 13.2 Å². The highest BCUT2D eigenvalue weighted by Crippen LogP contribution is 1.97. The van der Waals surface area contributed by atoms with E-state index in [-0.39, 0.29) is 35.8 Å². The maximum atomic E-state index is 11.2. The normalized spacial score (nSPS) is 13.6. The molecular formula is C8H16ClNO3S. The molecule has 0 radical (unpaired) electrons. The number of carbonyl (C=O) groups is 1. The van der Waals surface area contributed by atoms with Gasteiger partial charge in [0, 0.05) is 24.1 Å². The first kappa shape index (κ1) is 13.7. The largest absolute Gasteiger partial charge is 0.355 e. The Kier molecular flexibility index (Phi) is 6.11. The van der Waals surface area contributed by atoms with Gasteiger partial charge >= 0.3 is 0 Å². The molecule has 4 nitrogen and oxygen atoms in total. The fourth-order valence-electron chi connectivity index (χ4n) is 0.718. The summed E-state index contributed by atoms with van der Waals surface area (Å²) in [5, 5.41) is 2.52. The van der Waals surface area contributed by atoms with Gasteiger partial charge in [-0.1, -0.05) is 13.8 Å². The Balaban J connectivity index is 3.81. The van der Waals surface area contributed by atoms with E-state index in [1.165, 1.54) is 0 Å². The van der Waals surface area contributed by atoms with Crippen LogP contribution in [0.1, 0.15) is 13.8 Å². The van der Waals surface area contributed by atoms with Gasteiger partial charge in [-0.3, -0.25) is 4.79 Å². The summed E-state index contributed by atoms with van der Waals surface area (Å²) in [4.78, 5) is 11.2. The Morgan fingerprint density at radius 1 is 1.50 bits per heavy atom. The van der Waals surface area contributed by atoms with E-state index in [0.717, 1.165) is 0 Å². The molecule has 0 bridgehead atoms. The Hall–Kier alpha value is -0.290. The number of hydrogen-bond acceptors (Lipinski definition) is 3. The summed E-state index contributed by atoms with van der Waals surface area (Å²) < 4.78 is 22.1. The van der Waals surface area contributed by atoms with E-state index in [4.69, 9.17) is 11.6 Å². The topological polar surface area (TPSA) is 63.2 Å². The number of hydrogen-bond donors (Lipinski definition) is 1. The third-order valence-electron chi connectivity index (χ3n) is 1.83. The van der Waals surface area contributed by atoms with Crippen molar-refractivity contribution in [2.75, 3.05) is 23.9 Å². The SMILES string of the molecule is CCS(=O)(=O)CCNC(=O)C(C)CCl. The highest BCUT2D eigenvalue weighted by molar-refractivity contribution is 7.91. The zero-order valence-electron chi connectivity index (χ0n) is 8.42. The van der Waals surface area contributed by atoms with Gasteiger partial charge in [0.1, 0.15) is 0 Å². The Morgan fingerprint density at radius 2 is 2.07 bits per heavy atom. The summed E-state index contributed by atoms with van der Waals surface area (Å²) in [6.07, 6.45) is 0. The van der Waals surface area contributed by atoms with Crippen LogP contribution in [0.4, 0.5) is 0 Å². The number of alkyl halides is 1. The lowest BCUT2D eigenvalue weighted by molar-refractivity contribution is -0.123. The summed E-state index contributed by atoms with van der Waals surface area (Å²) in [6, 6.07) is 0. The average Bonchev–Trinajstić information content (AvgIpc) is 2.16. The first-order chi connectivity index (χ1) is 6.43. The van der Waals surface area contributed by atoms with Crippen molar-refractivity contribution in [1.29, 1.82) is 0 Å². The van der Waals surface area contributed by atoms with Gasteiger partial charge in [0.25, 0.3) is 0 Å². The number of nitrogens with one attached hydrogen (secondary N) is 1. The van der Waals surface area contributed by atoms with Gasteiger partial charge < -0.3 is 5.32 Å². The summed E-state index contributed by atoms with van der Waals surface area (Å²) in [5.41, 5.74) is 0. The van der Waals surface area contributed by atoms with Gasteiger partial charge in [0.2, 0.25) is 5.91 Å². The van der Waals surface area contributed by atoms with Crippen LogP contribution in [-0.2, 0) is 14.6 Å². The van der Waals surface area contributed by atoms with Crippen molar-refractivity contribution >= 4 is 27.3 Å². The van der Waals surface area contributed by atoms with E-state index in [2.05, 4.69) is 5.32 Å². The number of carbonyl (C=O) groups excluding carboxylic acids is 1. The second-order valence-corrected chi connectivity index (χ2v) is 5.86. The molecule has 0 spiro atoms. The molecule has 1 atom stereocenters. The van der Waals surface area contributed by atoms with Crippen LogP contribution >= 0.6 is 11.6 Å². The molecule has 0 heterocycles. The minimum absolute atomic E-state index is 0.00968. The van der Waals surface area contributed by atoms with E-state index < -0.39 is 9.84 Å². The smallest absolute Gasteiger partial charge is 0.224 e. The third kappa shape index (κ3) is 5.44. The Labute approximate surface area is 89.9 Å². The number of rotatable bonds is 6. The molecule has 84 valence electrons. The highest BCUT2D eigenvalue weighted by atomic mass is 35.5. The summed E-state index contributed by atoms with van der Waals surface area (Å²) >= 11 is 5.46. The predicted molar refractivity (Wildman–Crippen MR) is 57.2 cm³/mol. The van der Waals surface area contributed by atoms with Crippen LogP contribution in [0.25, 0.3) is 0 Å². The standard InChI is InChI=1S/C8H16ClNO3S/c1-3-14(12,13)5-4-10-8(11)7(2)6-9/h7H,3-6H2,1-2H3,(H,10,11). The predicted octanol–water partition coefficient (Wildman–Crippen LogP) is 0.412. The van der Waals surface area contributed by atoms with Crippen LogP contribution in [0.3, 0.4) is 0 Å². The number of halogens is 1. The fraction of sp³-hybridized carbons (Fsp3) is 0.875. The summed E-state index contributed by atoms with van der Waals surface area (Å²) in [5.74, 6) is -0.142. The molecule has 0 rings (SSSR count). The van der Waals surface area contributed by atoms with Crippen molar-refractivity contribution in [2.24, 2.45) is 5.92 Å². The van der Waals surface area contributed by atoms with Crippen molar-refractivity contribution in [3.8, 4) is 0 Å². The van der Waals surface area contributed by atoms with Gasteiger partial charge in [0.15, 0.2) is 9.84 Å². The first-order valence-corrected chi connectivity index (χ1v) is 6.82. The van der Waals surface area contributed by atoms with Crippen LogP contribution in [0.15, 0.2) is 0 Å². The van der Waals surface area contributed by atoms with Crippen molar-refractivity contribution in [1.82, 2.24) is 5.32 Å². The molecule has 6 heteroatoms. The molecule has 0 aliphatic heterocycles. The first-order valence-electron chi connectivity index (χ1n) is 4.47. The molecule has 1 unspecified atom stereocenters. The molecular weight excluding hydrogens is 226 g/mol. The van der Waals surface area contributed by atoms with Crippen molar-refractivity contribution in [2.45, 2.75) is 13.8 Å². The minimum Gasteiger partial charge on any atom is -0.355 e. The zero-order valence-corrected chi connectivity index (χ0v) is 9.99. The van der Waals surface area contributed by atoms with Crippen LogP contribution in [0.5, 0.6) is 0 Å². The lowest BCUT2D eigenvalue weighted by atomic mass is 10.2. The number of amides is 1. The van der Waals surface area contributed by atoms with Crippen LogP contribution in [-0.4, -0.2) is 38.3 Å². The van der Waals surface area contributed by atoms with Crippen LogP contribution in [0.2, 0.25) is 0 Å². The molecule has 0 saturated heterocycles. The van der Waals surface area contributed by atoms with Gasteiger partial charge in [-0.15, -0.1) is 11.6 Å². The summed E-state index contributed by atoms with van der Waals surface area (Å²) in [6.45, 7) is 3.44. The van der Waals surface area contributed by atoms with Crippen molar-refractivity contribution in [3.63, 3.8) is 0 Å². The third-order valence-corrected chi connectivity index (χ3v) is 4.00. The second-order valence-electron chi connectivity index (χ2n) is 3.08. The molecule has 0 fully saturated rings. The second kappa shape index (κ2) is 6.24. The zero-order chi connectivity index (χ0) is 11.2. The maximum absolute atomic E-state index is 11.2. The minimum atomic E-state index is -3.00. The van der Waals surface area contributed by atoms with Crippen molar-refractivity contribution < 1.29 is 13.2 Å². The van der Waals surface area contributed by atoms with Gasteiger partial charge in [-0.25, -0.2) is 8.42 Å². The quantitative estimate of drug-likeness (QED) is 0.686. The lowest BCUT2D eigenvalue weighted by Gasteiger charge is -2.08. The van der Waals surface area contributed by atoms with Gasteiger partial charge in [-0.2, -0.15) is 0 Å². The van der Waals surface area contributed by atoms with Crippen LogP contribution in [0, 0.1) is 5.92 Å². The highest BCUT2D eigenvalue weighted by Gasteiger charge is 2.12. The molecule has 1 amide bonds. The monoisotopic (exact) mass is 241 g/mol. The molecule has 0 aromatic carbocycles. The van der Waals surface area contributed by atoms with Crippen molar-refractivity contribution in [3.05, 3.63) is 0 Å².